The number of nitrogens with one attached hydrogen (secondary N) is 1. The van der Waals surface area contributed by atoms with E-state index in [4.69, 9.17) is 15.5 Å². The molecule has 0 radical (unpaired) electrons. The molecular formula is C7H9N3O2. The van der Waals surface area contributed by atoms with Gasteiger partial charge in [-0.05, 0) is 6.92 Å². The average molecular weight is 167 g/mol. The molecule has 0 aliphatic rings. The summed E-state index contributed by atoms with van der Waals surface area (Å²) in [5.41, 5.74) is 0.584. The van der Waals surface area contributed by atoms with Gasteiger partial charge in [0.05, 0.1) is 17.7 Å². The highest BCUT2D eigenvalue weighted by atomic mass is 16.5. The molecule has 5 nitrogen and oxygen atoms in total. The molecule has 3 N–H and O–H groups in total. The SMILES string of the molecule is CC(C#N)c1cnc(C(O)O)[nH]1. The zero-order valence-corrected chi connectivity index (χ0v) is 6.52. The summed E-state index contributed by atoms with van der Waals surface area (Å²) < 4.78 is 0. The normalized spacial score (nSPS) is 12.9. The summed E-state index contributed by atoms with van der Waals surface area (Å²) in [5, 5.41) is 25.9. The molecule has 1 atom stereocenters. The monoisotopic (exact) mass is 167 g/mol. The lowest BCUT2D eigenvalue weighted by Crippen LogP contribution is -1.98. The van der Waals surface area contributed by atoms with Gasteiger partial charge in [0.15, 0.2) is 5.82 Å². The van der Waals surface area contributed by atoms with E-state index in [-0.39, 0.29) is 11.7 Å². The summed E-state index contributed by atoms with van der Waals surface area (Å²) in [4.78, 5) is 6.31. The number of nitrogens with zero attached hydrogens (tertiary/aromatic N) is 2. The first-order valence-corrected chi connectivity index (χ1v) is 3.45. The second kappa shape index (κ2) is 3.34. The number of nitriles is 1. The summed E-state index contributed by atoms with van der Waals surface area (Å²) in [6, 6.07) is 2.00. The molecule has 0 saturated heterocycles. The fourth-order valence-electron chi connectivity index (χ4n) is 0.772. The Balaban J connectivity index is 2.86. The Morgan fingerprint density at radius 1 is 1.67 bits per heavy atom. The van der Waals surface area contributed by atoms with E-state index in [0.717, 1.165) is 0 Å². The van der Waals surface area contributed by atoms with Crippen molar-refractivity contribution >= 4 is 0 Å². The van der Waals surface area contributed by atoms with Crippen LogP contribution in [0.25, 0.3) is 0 Å². The lowest BCUT2D eigenvalue weighted by atomic mass is 10.1. The topological polar surface area (TPSA) is 92.9 Å². The molecule has 1 heterocycles. The van der Waals surface area contributed by atoms with E-state index in [2.05, 4.69) is 9.97 Å². The van der Waals surface area contributed by atoms with Crippen LogP contribution in [0.3, 0.4) is 0 Å². The van der Waals surface area contributed by atoms with Gasteiger partial charge in [-0.2, -0.15) is 5.26 Å². The van der Waals surface area contributed by atoms with Crippen LogP contribution in [0.5, 0.6) is 0 Å². The fraction of sp³-hybridized carbons (Fsp3) is 0.429. The van der Waals surface area contributed by atoms with Gasteiger partial charge in [0.2, 0.25) is 6.29 Å². The fourth-order valence-corrected chi connectivity index (χ4v) is 0.772. The van der Waals surface area contributed by atoms with Crippen molar-refractivity contribution in [1.82, 2.24) is 9.97 Å². The van der Waals surface area contributed by atoms with Gasteiger partial charge in [-0.25, -0.2) is 4.98 Å². The van der Waals surface area contributed by atoms with E-state index >= 15 is 0 Å². The molecule has 1 rings (SSSR count). The summed E-state index contributed by atoms with van der Waals surface area (Å²) in [7, 11) is 0. The largest absolute Gasteiger partial charge is 0.362 e. The highest BCUT2D eigenvalue weighted by Crippen LogP contribution is 2.13. The summed E-state index contributed by atoms with van der Waals surface area (Å²) in [6.07, 6.45) is -0.188. The highest BCUT2D eigenvalue weighted by molar-refractivity contribution is 5.13. The van der Waals surface area contributed by atoms with Crippen LogP contribution in [0.1, 0.15) is 30.7 Å². The highest BCUT2D eigenvalue weighted by Gasteiger charge is 2.11. The van der Waals surface area contributed by atoms with E-state index in [0.29, 0.717) is 5.69 Å². The van der Waals surface area contributed by atoms with Crippen LogP contribution in [-0.2, 0) is 0 Å². The molecular weight excluding hydrogens is 158 g/mol. The van der Waals surface area contributed by atoms with Crippen molar-refractivity contribution in [1.29, 1.82) is 5.26 Å². The summed E-state index contributed by atoms with van der Waals surface area (Å²) in [5.74, 6) is -0.253. The second-order valence-corrected chi connectivity index (χ2v) is 2.45. The maximum absolute atomic E-state index is 8.67. The number of H-pyrrole nitrogens is 1. The van der Waals surface area contributed by atoms with Crippen LogP contribution in [0.2, 0.25) is 0 Å². The molecule has 5 heteroatoms. The van der Waals surface area contributed by atoms with Gasteiger partial charge < -0.3 is 15.2 Å². The van der Waals surface area contributed by atoms with Gasteiger partial charge in [-0.1, -0.05) is 0 Å². The predicted octanol–water partition coefficient (Wildman–Crippen LogP) is 0.0200. The molecule has 0 aromatic carbocycles. The van der Waals surface area contributed by atoms with E-state index in [1.807, 2.05) is 6.07 Å². The Kier molecular flexibility index (Phi) is 2.43. The third-order valence-corrected chi connectivity index (χ3v) is 1.52. The second-order valence-electron chi connectivity index (χ2n) is 2.45. The third-order valence-electron chi connectivity index (χ3n) is 1.52. The van der Waals surface area contributed by atoms with Gasteiger partial charge in [-0.15, -0.1) is 0 Å². The van der Waals surface area contributed by atoms with Crippen LogP contribution >= 0.6 is 0 Å². The number of aliphatic hydroxyl groups is 2. The minimum atomic E-state index is -1.61. The quantitative estimate of drug-likeness (QED) is 0.541. The molecule has 1 aromatic heterocycles. The molecule has 0 aliphatic carbocycles. The number of rotatable bonds is 2. The molecule has 0 fully saturated rings. The number of hydrogen-bond donors (Lipinski definition) is 3. The van der Waals surface area contributed by atoms with Gasteiger partial charge in [0.1, 0.15) is 0 Å². The van der Waals surface area contributed by atoms with Crippen molar-refractivity contribution in [3.63, 3.8) is 0 Å². The Morgan fingerprint density at radius 3 is 2.75 bits per heavy atom. The number of hydrogen-bond acceptors (Lipinski definition) is 4. The first kappa shape index (κ1) is 8.71. The Labute approximate surface area is 69.3 Å². The maximum Gasteiger partial charge on any atom is 0.212 e. The van der Waals surface area contributed by atoms with Crippen LogP contribution in [0, 0.1) is 11.3 Å². The van der Waals surface area contributed by atoms with Crippen LogP contribution in [-0.4, -0.2) is 20.2 Å². The molecule has 1 unspecified atom stereocenters. The first-order valence-electron chi connectivity index (χ1n) is 3.45. The smallest absolute Gasteiger partial charge is 0.212 e. The van der Waals surface area contributed by atoms with Crippen molar-refractivity contribution < 1.29 is 10.2 Å². The standard InChI is InChI=1S/C7H9N3O2/c1-4(2-8)5-3-9-6(10-5)7(11)12/h3-4,7,11-12H,1H3,(H,9,10). The lowest BCUT2D eigenvalue weighted by molar-refractivity contribution is -0.0488. The Bertz CT molecular complexity index is 300. The van der Waals surface area contributed by atoms with Crippen LogP contribution in [0.4, 0.5) is 0 Å². The Morgan fingerprint density at radius 2 is 2.33 bits per heavy atom. The van der Waals surface area contributed by atoms with Gasteiger partial charge >= 0.3 is 0 Å². The first-order chi connectivity index (χ1) is 5.65. The average Bonchev–Trinajstić information content (AvgIpc) is 2.51. The number of aliphatic hydroxyl groups excluding tert-OH is 1. The Hall–Kier alpha value is -1.38. The number of aromatic amines is 1. The van der Waals surface area contributed by atoms with E-state index in [1.54, 1.807) is 6.92 Å². The zero-order valence-electron chi connectivity index (χ0n) is 6.52. The van der Waals surface area contributed by atoms with Crippen molar-refractivity contribution in [3.05, 3.63) is 17.7 Å². The number of imidazole rings is 1. The van der Waals surface area contributed by atoms with Crippen molar-refractivity contribution in [2.24, 2.45) is 0 Å². The van der Waals surface area contributed by atoms with Gasteiger partial charge in [0.25, 0.3) is 0 Å². The van der Waals surface area contributed by atoms with Crippen molar-refractivity contribution in [2.75, 3.05) is 0 Å². The minimum Gasteiger partial charge on any atom is -0.362 e. The number of aromatic nitrogens is 2. The van der Waals surface area contributed by atoms with Crippen molar-refractivity contribution in [3.8, 4) is 6.07 Å². The van der Waals surface area contributed by atoms with Crippen molar-refractivity contribution in [2.45, 2.75) is 19.1 Å². The summed E-state index contributed by atoms with van der Waals surface area (Å²) in [6.45, 7) is 1.70. The molecule has 0 bridgehead atoms. The molecule has 0 aliphatic heterocycles. The molecule has 1 aromatic rings. The van der Waals surface area contributed by atoms with Gasteiger partial charge in [-0.3, -0.25) is 0 Å². The third kappa shape index (κ3) is 1.61. The summed E-state index contributed by atoms with van der Waals surface area (Å²) >= 11 is 0. The van der Waals surface area contributed by atoms with Crippen LogP contribution in [0.15, 0.2) is 6.20 Å². The predicted molar refractivity (Wildman–Crippen MR) is 39.8 cm³/mol. The zero-order chi connectivity index (χ0) is 9.14. The molecule has 0 amide bonds. The molecule has 0 saturated carbocycles. The van der Waals surface area contributed by atoms with Crippen LogP contribution < -0.4 is 0 Å². The molecule has 0 spiro atoms. The van der Waals surface area contributed by atoms with E-state index < -0.39 is 6.29 Å². The lowest BCUT2D eigenvalue weighted by Gasteiger charge is -1.98. The molecule has 12 heavy (non-hydrogen) atoms. The molecule has 64 valence electrons. The van der Waals surface area contributed by atoms with E-state index in [1.165, 1.54) is 6.20 Å². The van der Waals surface area contributed by atoms with Gasteiger partial charge in [0, 0.05) is 6.20 Å². The minimum absolute atomic E-state index is 0.0621. The maximum atomic E-state index is 8.67. The van der Waals surface area contributed by atoms with E-state index in [9.17, 15) is 0 Å².